The third-order valence-corrected chi connectivity index (χ3v) is 4.64. The predicted octanol–water partition coefficient (Wildman–Crippen LogP) is 4.60. The number of carbonyl (C=O) groups excluding carboxylic acids is 1. The monoisotopic (exact) mass is 386 g/mol. The van der Waals surface area contributed by atoms with Crippen LogP contribution < -0.4 is 11.1 Å². The van der Waals surface area contributed by atoms with Gasteiger partial charge in [-0.25, -0.2) is 0 Å². The third kappa shape index (κ3) is 5.12. The number of nitrogens with two attached hydrogens (primary N) is 1. The summed E-state index contributed by atoms with van der Waals surface area (Å²) in [6.07, 6.45) is 0. The molecule has 1 amide bonds. The Kier molecular flexibility index (Phi) is 8.04. The van der Waals surface area contributed by atoms with Crippen molar-refractivity contribution in [2.24, 2.45) is 11.7 Å². The molecule has 0 bridgehead atoms. The van der Waals surface area contributed by atoms with Gasteiger partial charge in [0.1, 0.15) is 0 Å². The molecule has 3 unspecified atom stereocenters. The lowest BCUT2D eigenvalue weighted by Gasteiger charge is -2.23. The number of carbonyl (C=O) groups is 1. The van der Waals surface area contributed by atoms with E-state index in [-0.39, 0.29) is 36.3 Å². The van der Waals surface area contributed by atoms with E-state index in [1.54, 1.807) is 12.1 Å². The van der Waals surface area contributed by atoms with Crippen molar-refractivity contribution >= 4 is 41.5 Å². The summed E-state index contributed by atoms with van der Waals surface area (Å²) in [6, 6.07) is 14.6. The van der Waals surface area contributed by atoms with E-state index in [1.165, 1.54) is 0 Å². The van der Waals surface area contributed by atoms with Gasteiger partial charge in [0.05, 0.1) is 16.1 Å². The molecule has 2 rings (SSSR count). The molecule has 2 aromatic carbocycles. The molecular weight excluding hydrogens is 367 g/mol. The van der Waals surface area contributed by atoms with Gasteiger partial charge in [-0.2, -0.15) is 0 Å². The summed E-state index contributed by atoms with van der Waals surface area (Å²) in [5, 5.41) is 4.00. The van der Waals surface area contributed by atoms with E-state index in [2.05, 4.69) is 5.32 Å². The molecule has 0 saturated heterocycles. The molecule has 0 fully saturated rings. The van der Waals surface area contributed by atoms with Crippen molar-refractivity contribution in [1.29, 1.82) is 0 Å². The molecule has 0 aliphatic heterocycles. The Morgan fingerprint density at radius 2 is 1.62 bits per heavy atom. The van der Waals surface area contributed by atoms with E-state index in [0.717, 1.165) is 11.1 Å². The maximum atomic E-state index is 12.4. The van der Waals surface area contributed by atoms with Crippen molar-refractivity contribution in [3.8, 4) is 0 Å². The van der Waals surface area contributed by atoms with Gasteiger partial charge in [0.15, 0.2) is 0 Å². The van der Waals surface area contributed by atoms with Crippen molar-refractivity contribution in [2.45, 2.75) is 25.9 Å². The highest BCUT2D eigenvalue weighted by molar-refractivity contribution is 6.42. The van der Waals surface area contributed by atoms with Crippen LogP contribution in [0.4, 0.5) is 0 Å². The lowest BCUT2D eigenvalue weighted by atomic mass is 9.96. The second kappa shape index (κ2) is 9.28. The van der Waals surface area contributed by atoms with Crippen LogP contribution in [0.15, 0.2) is 48.5 Å². The van der Waals surface area contributed by atoms with Crippen LogP contribution in [-0.4, -0.2) is 11.9 Å². The first-order chi connectivity index (χ1) is 10.9. The van der Waals surface area contributed by atoms with Crippen LogP contribution in [-0.2, 0) is 4.79 Å². The lowest BCUT2D eigenvalue weighted by molar-refractivity contribution is -0.125. The van der Waals surface area contributed by atoms with E-state index in [9.17, 15) is 4.79 Å². The Morgan fingerprint density at radius 1 is 1.00 bits per heavy atom. The highest BCUT2D eigenvalue weighted by Gasteiger charge is 2.23. The van der Waals surface area contributed by atoms with Crippen LogP contribution in [0.25, 0.3) is 0 Å². The number of hydrogen-bond acceptors (Lipinski definition) is 2. The zero-order valence-electron chi connectivity index (χ0n) is 13.5. The average molecular weight is 388 g/mol. The fraction of sp³-hybridized carbons (Fsp3) is 0.278. The summed E-state index contributed by atoms with van der Waals surface area (Å²) < 4.78 is 0. The van der Waals surface area contributed by atoms with Gasteiger partial charge in [0.25, 0.3) is 0 Å². The largest absolute Gasteiger partial charge is 0.345 e. The summed E-state index contributed by atoms with van der Waals surface area (Å²) >= 11 is 12.1. The maximum Gasteiger partial charge on any atom is 0.225 e. The summed E-state index contributed by atoms with van der Waals surface area (Å²) in [7, 11) is 0. The van der Waals surface area contributed by atoms with Gasteiger partial charge in [0, 0.05) is 12.0 Å². The quantitative estimate of drug-likeness (QED) is 0.787. The Bertz CT molecular complexity index is 677. The van der Waals surface area contributed by atoms with Gasteiger partial charge in [-0.3, -0.25) is 4.79 Å². The molecule has 0 saturated carbocycles. The molecule has 3 atom stereocenters. The number of benzene rings is 2. The highest BCUT2D eigenvalue weighted by atomic mass is 35.5. The molecule has 24 heavy (non-hydrogen) atoms. The minimum absolute atomic E-state index is 0. The Morgan fingerprint density at radius 3 is 2.17 bits per heavy atom. The Balaban J connectivity index is 0.00000288. The van der Waals surface area contributed by atoms with Crippen molar-refractivity contribution in [1.82, 2.24) is 5.32 Å². The van der Waals surface area contributed by atoms with Gasteiger partial charge in [-0.1, -0.05) is 66.5 Å². The molecule has 6 heteroatoms. The number of rotatable bonds is 5. The highest BCUT2D eigenvalue weighted by Crippen LogP contribution is 2.29. The second-order valence-electron chi connectivity index (χ2n) is 5.67. The van der Waals surface area contributed by atoms with Crippen molar-refractivity contribution in [3.63, 3.8) is 0 Å². The van der Waals surface area contributed by atoms with Crippen molar-refractivity contribution < 1.29 is 4.79 Å². The second-order valence-corrected chi connectivity index (χ2v) is 6.49. The van der Waals surface area contributed by atoms with Crippen LogP contribution in [0, 0.1) is 5.92 Å². The SMILES string of the molecule is CC(N)C(C)C(=O)NC(c1ccccc1)c1ccc(Cl)c(Cl)c1.Cl. The van der Waals surface area contributed by atoms with Crippen LogP contribution in [0.5, 0.6) is 0 Å². The first-order valence-corrected chi connectivity index (χ1v) is 8.21. The summed E-state index contributed by atoms with van der Waals surface area (Å²) in [5.41, 5.74) is 7.67. The van der Waals surface area contributed by atoms with Crippen LogP contribution in [0.3, 0.4) is 0 Å². The summed E-state index contributed by atoms with van der Waals surface area (Å²) in [6.45, 7) is 3.64. The molecule has 3 nitrogen and oxygen atoms in total. The number of nitrogens with one attached hydrogen (secondary N) is 1. The summed E-state index contributed by atoms with van der Waals surface area (Å²) in [5.74, 6) is -0.385. The van der Waals surface area contributed by atoms with E-state index in [1.807, 2.05) is 50.2 Å². The normalized spacial score (nSPS) is 14.2. The van der Waals surface area contributed by atoms with Gasteiger partial charge in [-0.15, -0.1) is 12.4 Å². The van der Waals surface area contributed by atoms with E-state index in [4.69, 9.17) is 28.9 Å². The third-order valence-electron chi connectivity index (χ3n) is 3.90. The van der Waals surface area contributed by atoms with Gasteiger partial charge in [0.2, 0.25) is 5.91 Å². The topological polar surface area (TPSA) is 55.1 Å². The van der Waals surface area contributed by atoms with Crippen LogP contribution in [0.1, 0.15) is 31.0 Å². The number of halogens is 3. The maximum absolute atomic E-state index is 12.4. The average Bonchev–Trinajstić information content (AvgIpc) is 2.55. The fourth-order valence-electron chi connectivity index (χ4n) is 2.21. The minimum atomic E-state index is -0.306. The molecule has 0 heterocycles. The molecule has 0 aromatic heterocycles. The Hall–Kier alpha value is -1.26. The van der Waals surface area contributed by atoms with E-state index >= 15 is 0 Å². The van der Waals surface area contributed by atoms with Gasteiger partial charge >= 0.3 is 0 Å². The first-order valence-electron chi connectivity index (χ1n) is 7.46. The molecule has 0 radical (unpaired) electrons. The molecule has 0 aliphatic carbocycles. The first kappa shape index (κ1) is 20.8. The van der Waals surface area contributed by atoms with Gasteiger partial charge < -0.3 is 11.1 Å². The minimum Gasteiger partial charge on any atom is -0.345 e. The predicted molar refractivity (Wildman–Crippen MR) is 103 cm³/mol. The molecular formula is C18H21Cl3N2O. The smallest absolute Gasteiger partial charge is 0.225 e. The van der Waals surface area contributed by atoms with Crippen LogP contribution >= 0.6 is 35.6 Å². The van der Waals surface area contributed by atoms with E-state index in [0.29, 0.717) is 10.0 Å². The molecule has 0 aliphatic rings. The molecule has 2 aromatic rings. The number of hydrogen-bond donors (Lipinski definition) is 2. The van der Waals surface area contributed by atoms with Crippen molar-refractivity contribution in [2.75, 3.05) is 0 Å². The van der Waals surface area contributed by atoms with E-state index < -0.39 is 0 Å². The Labute approximate surface area is 158 Å². The zero-order chi connectivity index (χ0) is 17.0. The fourth-order valence-corrected chi connectivity index (χ4v) is 2.52. The molecule has 3 N–H and O–H groups in total. The zero-order valence-corrected chi connectivity index (χ0v) is 15.8. The lowest BCUT2D eigenvalue weighted by Crippen LogP contribution is -2.40. The number of amides is 1. The molecule has 130 valence electrons. The van der Waals surface area contributed by atoms with Crippen LogP contribution in [0.2, 0.25) is 10.0 Å². The van der Waals surface area contributed by atoms with Crippen molar-refractivity contribution in [3.05, 3.63) is 69.7 Å². The standard InChI is InChI=1S/C18H20Cl2N2O.ClH/c1-11(12(2)21)18(23)22-17(13-6-4-3-5-7-13)14-8-9-15(19)16(20)10-14;/h3-12,17H,21H2,1-2H3,(H,22,23);1H. The summed E-state index contributed by atoms with van der Waals surface area (Å²) in [4.78, 5) is 12.4. The molecule has 0 spiro atoms. The van der Waals surface area contributed by atoms with Gasteiger partial charge in [-0.05, 0) is 30.2 Å².